The van der Waals surface area contributed by atoms with Crippen LogP contribution < -0.4 is 10.5 Å². The van der Waals surface area contributed by atoms with Gasteiger partial charge >= 0.3 is 0 Å². The molecule has 0 spiro atoms. The molecule has 0 aliphatic carbocycles. The van der Waals surface area contributed by atoms with E-state index in [2.05, 4.69) is 0 Å². The number of hydrogen-bond donors (Lipinski definition) is 1. The molecule has 0 heterocycles. The van der Waals surface area contributed by atoms with Gasteiger partial charge in [0.05, 0.1) is 0 Å². The summed E-state index contributed by atoms with van der Waals surface area (Å²) < 4.78 is 5.36. The molecule has 0 bridgehead atoms. The molecule has 0 fully saturated rings. The van der Waals surface area contributed by atoms with Crippen LogP contribution in [0.3, 0.4) is 0 Å². The van der Waals surface area contributed by atoms with Gasteiger partial charge in [0.25, 0.3) is 0 Å². The fourth-order valence-electron chi connectivity index (χ4n) is 0.845. The van der Waals surface area contributed by atoms with Gasteiger partial charge in [-0.25, -0.2) is 0 Å². The van der Waals surface area contributed by atoms with Crippen LogP contribution in [-0.2, 0) is 0 Å². The minimum Gasteiger partial charge on any atom is -0.489 e. The third-order valence-electron chi connectivity index (χ3n) is 1.44. The first-order valence-electron chi connectivity index (χ1n) is 3.92. The van der Waals surface area contributed by atoms with Gasteiger partial charge in [-0.1, -0.05) is 18.2 Å². The molecule has 2 heteroatoms. The molecule has 1 aromatic rings. The molecular formula is C10H13NO. The molecule has 64 valence electrons. The van der Waals surface area contributed by atoms with E-state index in [0.717, 1.165) is 11.4 Å². The topological polar surface area (TPSA) is 35.2 Å². The van der Waals surface area contributed by atoms with Crippen LogP contribution in [0.4, 0.5) is 5.69 Å². The molecule has 1 aromatic carbocycles. The molecule has 0 unspecified atom stereocenters. The summed E-state index contributed by atoms with van der Waals surface area (Å²) in [5.74, 6) is 0.813. The highest BCUT2D eigenvalue weighted by Gasteiger charge is 1.90. The Bertz CT molecular complexity index is 268. The predicted octanol–water partition coefficient (Wildman–Crippen LogP) is 2.22. The standard InChI is InChI=1S/C10H13NO/c1-2-3-7-12-10-6-4-5-9(11)8-10/h2-6,8H,7,11H2,1H3/b3-2+. The van der Waals surface area contributed by atoms with Gasteiger partial charge in [-0.05, 0) is 19.1 Å². The highest BCUT2D eigenvalue weighted by atomic mass is 16.5. The minimum absolute atomic E-state index is 0.597. The summed E-state index contributed by atoms with van der Waals surface area (Å²) in [5.41, 5.74) is 6.29. The molecule has 0 saturated carbocycles. The van der Waals surface area contributed by atoms with Crippen molar-refractivity contribution in [3.05, 3.63) is 36.4 Å². The summed E-state index contributed by atoms with van der Waals surface area (Å²) in [6.07, 6.45) is 3.90. The quantitative estimate of drug-likeness (QED) is 0.547. The van der Waals surface area contributed by atoms with Crippen molar-refractivity contribution < 1.29 is 4.74 Å². The Morgan fingerprint density at radius 1 is 1.50 bits per heavy atom. The number of nitrogen functional groups attached to an aromatic ring is 1. The second kappa shape index (κ2) is 4.44. The van der Waals surface area contributed by atoms with Crippen molar-refractivity contribution in [2.75, 3.05) is 12.3 Å². The maximum atomic E-state index is 5.56. The van der Waals surface area contributed by atoms with Crippen LogP contribution in [0, 0.1) is 0 Å². The van der Waals surface area contributed by atoms with Crippen LogP contribution in [0.2, 0.25) is 0 Å². The van der Waals surface area contributed by atoms with Crippen LogP contribution in [0.25, 0.3) is 0 Å². The zero-order valence-corrected chi connectivity index (χ0v) is 7.16. The van der Waals surface area contributed by atoms with Crippen molar-refractivity contribution >= 4 is 5.69 Å². The molecule has 0 amide bonds. The van der Waals surface area contributed by atoms with E-state index in [1.807, 2.05) is 43.3 Å². The van der Waals surface area contributed by atoms with Gasteiger partial charge in [0, 0.05) is 11.8 Å². The first-order chi connectivity index (χ1) is 5.83. The molecule has 0 aromatic heterocycles. The largest absolute Gasteiger partial charge is 0.489 e. The van der Waals surface area contributed by atoms with Crippen molar-refractivity contribution in [1.82, 2.24) is 0 Å². The Balaban J connectivity index is 2.52. The summed E-state index contributed by atoms with van der Waals surface area (Å²) in [6, 6.07) is 7.41. The third-order valence-corrected chi connectivity index (χ3v) is 1.44. The number of nitrogens with two attached hydrogens (primary N) is 1. The lowest BCUT2D eigenvalue weighted by Gasteiger charge is -2.02. The van der Waals surface area contributed by atoms with Crippen molar-refractivity contribution in [2.24, 2.45) is 0 Å². The first kappa shape index (κ1) is 8.65. The van der Waals surface area contributed by atoms with Crippen LogP contribution >= 0.6 is 0 Å². The summed E-state index contributed by atoms with van der Waals surface area (Å²) >= 11 is 0. The van der Waals surface area contributed by atoms with E-state index in [4.69, 9.17) is 10.5 Å². The van der Waals surface area contributed by atoms with Gasteiger partial charge in [-0.2, -0.15) is 0 Å². The third kappa shape index (κ3) is 2.66. The van der Waals surface area contributed by atoms with Gasteiger partial charge < -0.3 is 10.5 Å². The van der Waals surface area contributed by atoms with E-state index in [1.165, 1.54) is 0 Å². The molecule has 0 atom stereocenters. The molecule has 2 nitrogen and oxygen atoms in total. The maximum Gasteiger partial charge on any atom is 0.121 e. The summed E-state index contributed by atoms with van der Waals surface area (Å²) in [6.45, 7) is 2.56. The fraction of sp³-hybridized carbons (Fsp3) is 0.200. The van der Waals surface area contributed by atoms with Crippen LogP contribution in [0.5, 0.6) is 5.75 Å². The van der Waals surface area contributed by atoms with E-state index >= 15 is 0 Å². The summed E-state index contributed by atoms with van der Waals surface area (Å²) in [7, 11) is 0. The highest BCUT2D eigenvalue weighted by Crippen LogP contribution is 2.13. The molecule has 0 radical (unpaired) electrons. The normalized spacial score (nSPS) is 10.4. The molecular weight excluding hydrogens is 150 g/mol. The number of allylic oxidation sites excluding steroid dienone is 1. The molecule has 0 aliphatic heterocycles. The lowest BCUT2D eigenvalue weighted by molar-refractivity contribution is 0.363. The molecule has 0 aliphatic rings. The summed E-state index contributed by atoms with van der Waals surface area (Å²) in [4.78, 5) is 0. The number of hydrogen-bond acceptors (Lipinski definition) is 2. The first-order valence-corrected chi connectivity index (χ1v) is 3.92. The zero-order chi connectivity index (χ0) is 8.81. The molecule has 0 saturated heterocycles. The van der Waals surface area contributed by atoms with E-state index in [9.17, 15) is 0 Å². The van der Waals surface area contributed by atoms with Gasteiger partial charge in [-0.15, -0.1) is 0 Å². The van der Waals surface area contributed by atoms with Gasteiger partial charge in [-0.3, -0.25) is 0 Å². The Morgan fingerprint density at radius 2 is 2.33 bits per heavy atom. The van der Waals surface area contributed by atoms with E-state index in [0.29, 0.717) is 6.61 Å². The number of rotatable bonds is 3. The van der Waals surface area contributed by atoms with Crippen LogP contribution in [0.1, 0.15) is 6.92 Å². The van der Waals surface area contributed by atoms with Crippen molar-refractivity contribution in [3.63, 3.8) is 0 Å². The number of ether oxygens (including phenoxy) is 1. The van der Waals surface area contributed by atoms with Gasteiger partial charge in [0.15, 0.2) is 0 Å². The fourth-order valence-corrected chi connectivity index (χ4v) is 0.845. The Kier molecular flexibility index (Phi) is 3.20. The average Bonchev–Trinajstić information content (AvgIpc) is 2.05. The van der Waals surface area contributed by atoms with Gasteiger partial charge in [0.2, 0.25) is 0 Å². The van der Waals surface area contributed by atoms with E-state index < -0.39 is 0 Å². The lowest BCUT2D eigenvalue weighted by Crippen LogP contribution is -1.93. The Hall–Kier alpha value is -1.44. The minimum atomic E-state index is 0.597. The van der Waals surface area contributed by atoms with E-state index in [1.54, 1.807) is 0 Å². The SMILES string of the molecule is C/C=C/COc1cccc(N)c1. The van der Waals surface area contributed by atoms with Gasteiger partial charge in [0.1, 0.15) is 12.4 Å². The summed E-state index contributed by atoms with van der Waals surface area (Å²) in [5, 5.41) is 0. The second-order valence-electron chi connectivity index (χ2n) is 2.45. The lowest BCUT2D eigenvalue weighted by atomic mass is 10.3. The van der Waals surface area contributed by atoms with Crippen molar-refractivity contribution in [1.29, 1.82) is 0 Å². The van der Waals surface area contributed by atoms with Crippen molar-refractivity contribution in [3.8, 4) is 5.75 Å². The monoisotopic (exact) mass is 163 g/mol. The zero-order valence-electron chi connectivity index (χ0n) is 7.16. The number of anilines is 1. The smallest absolute Gasteiger partial charge is 0.121 e. The maximum absolute atomic E-state index is 5.56. The second-order valence-corrected chi connectivity index (χ2v) is 2.45. The van der Waals surface area contributed by atoms with Crippen molar-refractivity contribution in [2.45, 2.75) is 6.92 Å². The highest BCUT2D eigenvalue weighted by molar-refractivity contribution is 5.43. The van der Waals surface area contributed by atoms with Crippen LogP contribution in [-0.4, -0.2) is 6.61 Å². The van der Waals surface area contributed by atoms with E-state index in [-0.39, 0.29) is 0 Å². The molecule has 2 N–H and O–H groups in total. The van der Waals surface area contributed by atoms with Crippen LogP contribution in [0.15, 0.2) is 36.4 Å². The average molecular weight is 163 g/mol. The Morgan fingerprint density at radius 3 is 3.00 bits per heavy atom. The predicted molar refractivity (Wildman–Crippen MR) is 51.2 cm³/mol. The Labute approximate surface area is 72.7 Å². The number of benzene rings is 1. The molecule has 1 rings (SSSR count). The molecule has 12 heavy (non-hydrogen) atoms.